The second kappa shape index (κ2) is 5.37. The smallest absolute Gasteiger partial charge is 0.0988 e. The van der Waals surface area contributed by atoms with Gasteiger partial charge in [-0.15, -0.1) is 0 Å². The minimum absolute atomic E-state index is 0.116. The Labute approximate surface area is 110 Å². The number of rotatable bonds is 3. The summed E-state index contributed by atoms with van der Waals surface area (Å²) >= 11 is 0. The molecule has 3 heteroatoms. The quantitative estimate of drug-likeness (QED) is 0.893. The molecule has 0 saturated heterocycles. The first-order chi connectivity index (χ1) is 8.56. The Bertz CT molecular complexity index is 380. The van der Waals surface area contributed by atoms with Crippen LogP contribution < -0.4 is 0 Å². The van der Waals surface area contributed by atoms with Crippen LogP contribution in [0.15, 0.2) is 18.3 Å². The maximum absolute atomic E-state index is 10.8. The highest BCUT2D eigenvalue weighted by Gasteiger charge is 2.41. The van der Waals surface area contributed by atoms with Crippen LogP contribution in [0.25, 0.3) is 0 Å². The van der Waals surface area contributed by atoms with Gasteiger partial charge in [0.2, 0.25) is 0 Å². The first-order valence-corrected chi connectivity index (χ1v) is 6.84. The van der Waals surface area contributed by atoms with Gasteiger partial charge in [0.15, 0.2) is 0 Å². The largest absolute Gasteiger partial charge is 0.386 e. The summed E-state index contributed by atoms with van der Waals surface area (Å²) in [6.45, 7) is 1.97. The van der Waals surface area contributed by atoms with Gasteiger partial charge in [-0.2, -0.15) is 0 Å². The van der Waals surface area contributed by atoms with E-state index in [-0.39, 0.29) is 5.54 Å². The zero-order valence-electron chi connectivity index (χ0n) is 11.7. The molecule has 18 heavy (non-hydrogen) atoms. The van der Waals surface area contributed by atoms with Crippen LogP contribution in [-0.2, 0) is 0 Å². The van der Waals surface area contributed by atoms with E-state index >= 15 is 0 Å². The number of nitrogens with zero attached hydrogens (tertiary/aromatic N) is 2. The van der Waals surface area contributed by atoms with Gasteiger partial charge in [0, 0.05) is 17.5 Å². The van der Waals surface area contributed by atoms with Crippen molar-refractivity contribution in [1.82, 2.24) is 9.88 Å². The Morgan fingerprint density at radius 1 is 1.22 bits per heavy atom. The third-order valence-corrected chi connectivity index (χ3v) is 4.37. The van der Waals surface area contributed by atoms with Gasteiger partial charge in [-0.3, -0.25) is 4.98 Å². The topological polar surface area (TPSA) is 36.4 Å². The molecule has 1 unspecified atom stereocenters. The van der Waals surface area contributed by atoms with Crippen LogP contribution in [-0.4, -0.2) is 34.6 Å². The second-order valence-electron chi connectivity index (χ2n) is 5.69. The highest BCUT2D eigenvalue weighted by molar-refractivity contribution is 5.20. The van der Waals surface area contributed by atoms with Crippen molar-refractivity contribution < 1.29 is 5.11 Å². The van der Waals surface area contributed by atoms with E-state index in [0.29, 0.717) is 0 Å². The van der Waals surface area contributed by atoms with E-state index in [1.165, 1.54) is 19.3 Å². The molecule has 1 N–H and O–H groups in total. The van der Waals surface area contributed by atoms with E-state index < -0.39 is 6.10 Å². The molecule has 2 rings (SSSR count). The fourth-order valence-corrected chi connectivity index (χ4v) is 3.08. The van der Waals surface area contributed by atoms with E-state index in [1.807, 2.05) is 25.3 Å². The van der Waals surface area contributed by atoms with Gasteiger partial charge in [0.25, 0.3) is 0 Å². The van der Waals surface area contributed by atoms with Crippen LogP contribution in [0.4, 0.5) is 0 Å². The molecule has 100 valence electrons. The van der Waals surface area contributed by atoms with E-state index in [2.05, 4.69) is 24.0 Å². The molecule has 1 atom stereocenters. The van der Waals surface area contributed by atoms with Crippen LogP contribution >= 0.6 is 0 Å². The lowest BCUT2D eigenvalue weighted by Gasteiger charge is -2.46. The molecule has 0 aromatic carbocycles. The van der Waals surface area contributed by atoms with Crippen molar-refractivity contribution in [2.75, 3.05) is 14.1 Å². The van der Waals surface area contributed by atoms with E-state index in [4.69, 9.17) is 0 Å². The molecular weight excluding hydrogens is 224 g/mol. The second-order valence-corrected chi connectivity index (χ2v) is 5.69. The third-order valence-electron chi connectivity index (χ3n) is 4.37. The summed E-state index contributed by atoms with van der Waals surface area (Å²) in [6.07, 6.45) is 7.20. The average molecular weight is 248 g/mol. The standard InChI is InChI=1S/C15H24N2O/c1-12-7-8-13(11-16-12)14(18)15(17(2)3)9-5-4-6-10-15/h7-8,11,14,18H,4-6,9-10H2,1-3H3. The van der Waals surface area contributed by atoms with Gasteiger partial charge in [-0.1, -0.05) is 25.3 Å². The number of hydrogen-bond donors (Lipinski definition) is 1. The van der Waals surface area contributed by atoms with Crippen LogP contribution in [0.3, 0.4) is 0 Å². The molecule has 1 fully saturated rings. The first-order valence-electron chi connectivity index (χ1n) is 6.84. The molecule has 1 aliphatic carbocycles. The summed E-state index contributed by atoms with van der Waals surface area (Å²) < 4.78 is 0. The predicted octanol–water partition coefficient (Wildman–Crippen LogP) is 2.69. The molecule has 1 heterocycles. The lowest BCUT2D eigenvalue weighted by molar-refractivity contribution is -0.0337. The molecular formula is C15H24N2O. The van der Waals surface area contributed by atoms with Crippen molar-refractivity contribution in [3.63, 3.8) is 0 Å². The highest BCUT2D eigenvalue weighted by Crippen LogP contribution is 2.41. The SMILES string of the molecule is Cc1ccc(C(O)C2(N(C)C)CCCCC2)cn1. The van der Waals surface area contributed by atoms with Gasteiger partial charge in [0.05, 0.1) is 11.6 Å². The maximum atomic E-state index is 10.8. The van der Waals surface area contributed by atoms with Crippen molar-refractivity contribution in [3.05, 3.63) is 29.6 Å². The fraction of sp³-hybridized carbons (Fsp3) is 0.667. The number of aliphatic hydroxyl groups is 1. The summed E-state index contributed by atoms with van der Waals surface area (Å²) in [4.78, 5) is 6.51. The molecule has 1 aromatic heterocycles. The number of pyridine rings is 1. The van der Waals surface area contributed by atoms with Gasteiger partial charge >= 0.3 is 0 Å². The van der Waals surface area contributed by atoms with Gasteiger partial charge < -0.3 is 10.0 Å². The van der Waals surface area contributed by atoms with Crippen molar-refractivity contribution in [1.29, 1.82) is 0 Å². The summed E-state index contributed by atoms with van der Waals surface area (Å²) in [5, 5.41) is 10.8. The van der Waals surface area contributed by atoms with E-state index in [9.17, 15) is 5.11 Å². The highest BCUT2D eigenvalue weighted by atomic mass is 16.3. The lowest BCUT2D eigenvalue weighted by atomic mass is 9.75. The van der Waals surface area contributed by atoms with Gasteiger partial charge in [-0.25, -0.2) is 0 Å². The average Bonchev–Trinajstić information content (AvgIpc) is 2.39. The molecule has 1 aliphatic rings. The number of aliphatic hydroxyl groups excluding tert-OH is 1. The van der Waals surface area contributed by atoms with Crippen LogP contribution in [0.2, 0.25) is 0 Å². The summed E-state index contributed by atoms with van der Waals surface area (Å²) in [6, 6.07) is 3.98. The normalized spacial score (nSPS) is 20.9. The predicted molar refractivity (Wildman–Crippen MR) is 73.4 cm³/mol. The summed E-state index contributed by atoms with van der Waals surface area (Å²) in [7, 11) is 4.16. The molecule has 0 bridgehead atoms. The minimum atomic E-state index is -0.444. The number of aryl methyl sites for hydroxylation is 1. The van der Waals surface area contributed by atoms with Crippen LogP contribution in [0.5, 0.6) is 0 Å². The maximum Gasteiger partial charge on any atom is 0.0988 e. The molecule has 3 nitrogen and oxygen atoms in total. The lowest BCUT2D eigenvalue weighted by Crippen LogP contribution is -2.50. The Kier molecular flexibility index (Phi) is 4.03. The van der Waals surface area contributed by atoms with Crippen molar-refractivity contribution in [3.8, 4) is 0 Å². The number of likely N-dealkylation sites (N-methyl/N-ethyl adjacent to an activating group) is 1. The van der Waals surface area contributed by atoms with Crippen molar-refractivity contribution >= 4 is 0 Å². The summed E-state index contributed by atoms with van der Waals surface area (Å²) in [5.41, 5.74) is 1.82. The Morgan fingerprint density at radius 2 is 1.89 bits per heavy atom. The number of aromatic nitrogens is 1. The molecule has 0 amide bonds. The van der Waals surface area contributed by atoms with Crippen molar-refractivity contribution in [2.24, 2.45) is 0 Å². The monoisotopic (exact) mass is 248 g/mol. The summed E-state index contributed by atoms with van der Waals surface area (Å²) in [5.74, 6) is 0. The van der Waals surface area contributed by atoms with Crippen LogP contribution in [0.1, 0.15) is 49.5 Å². The molecule has 0 radical (unpaired) electrons. The molecule has 0 spiro atoms. The van der Waals surface area contributed by atoms with E-state index in [0.717, 1.165) is 24.1 Å². The minimum Gasteiger partial charge on any atom is -0.386 e. The van der Waals surface area contributed by atoms with Gasteiger partial charge in [0.1, 0.15) is 0 Å². The fourth-order valence-electron chi connectivity index (χ4n) is 3.08. The molecule has 1 saturated carbocycles. The zero-order chi connectivity index (χ0) is 13.2. The molecule has 0 aliphatic heterocycles. The van der Waals surface area contributed by atoms with E-state index in [1.54, 1.807) is 0 Å². The van der Waals surface area contributed by atoms with Crippen molar-refractivity contribution in [2.45, 2.75) is 50.7 Å². The number of hydrogen-bond acceptors (Lipinski definition) is 3. The zero-order valence-corrected chi connectivity index (χ0v) is 11.7. The Morgan fingerprint density at radius 3 is 2.39 bits per heavy atom. The van der Waals surface area contributed by atoms with Gasteiger partial charge in [-0.05, 0) is 39.9 Å². The third kappa shape index (κ3) is 2.43. The van der Waals surface area contributed by atoms with Crippen LogP contribution in [0, 0.1) is 6.92 Å². The molecule has 1 aromatic rings. The first kappa shape index (κ1) is 13.5. The Hall–Kier alpha value is -0.930. The Balaban J connectivity index is 2.27.